The third kappa shape index (κ3) is 69.2. The quantitative estimate of drug-likeness (QED) is 0.0169. The van der Waals surface area contributed by atoms with Crippen LogP contribution in [0.1, 0.15) is 259 Å². The number of esters is 4. The van der Waals surface area contributed by atoms with Gasteiger partial charge in [0.15, 0.2) is 12.2 Å². The summed E-state index contributed by atoms with van der Waals surface area (Å²) in [4.78, 5) is 72.6. The number of hydrogen-bond acceptors (Lipinski definition) is 15. The number of phosphoric acid groups is 2. The molecule has 0 heterocycles. The fourth-order valence-electron chi connectivity index (χ4n) is 9.05. The Hall–Kier alpha value is -5.32. The fraction of sp³-hybridized carbons (Fsp3) is 0.620. The Labute approximate surface area is 591 Å². The Balaban J connectivity index is 5.47. The molecule has 556 valence electrons. The highest BCUT2D eigenvalue weighted by Crippen LogP contribution is 2.45. The number of allylic oxidation sites excluding steroid dienone is 25. The van der Waals surface area contributed by atoms with Crippen LogP contribution < -0.4 is 0 Å². The van der Waals surface area contributed by atoms with Crippen LogP contribution in [0.5, 0.6) is 0 Å². The van der Waals surface area contributed by atoms with Crippen molar-refractivity contribution in [1.82, 2.24) is 0 Å². The number of phosphoric ester groups is 2. The number of aliphatic hydroxyl groups is 1. The lowest BCUT2D eigenvalue weighted by Crippen LogP contribution is -2.30. The second-order valence-corrected chi connectivity index (χ2v) is 26.7. The molecule has 0 aromatic rings. The second kappa shape index (κ2) is 70.1. The zero-order valence-electron chi connectivity index (χ0n) is 60.4. The van der Waals surface area contributed by atoms with Crippen LogP contribution in [0.15, 0.2) is 158 Å². The van der Waals surface area contributed by atoms with Crippen molar-refractivity contribution in [2.24, 2.45) is 0 Å². The predicted octanol–water partition coefficient (Wildman–Crippen LogP) is 20.9. The summed E-state index contributed by atoms with van der Waals surface area (Å²) in [6.45, 7) is 4.29. The molecule has 17 nitrogen and oxygen atoms in total. The van der Waals surface area contributed by atoms with Crippen LogP contribution >= 0.6 is 15.6 Å². The molecule has 98 heavy (non-hydrogen) atoms. The zero-order chi connectivity index (χ0) is 71.8. The van der Waals surface area contributed by atoms with E-state index < -0.39 is 97.5 Å². The number of aliphatic hydroxyl groups excluding tert-OH is 1. The SMILES string of the molecule is CC/C=C\C/C=C\C/C=C\C/C=C\C/C=C\CCCC(=O)OCC(COP(=O)(O)OCC(O)COP(=O)(O)OCC(COC(=O)CCCCCCC/C=C\C/C=C\C/C=C\CC)OC(=O)CCCCCCCCCCCCC)OC(=O)C/C=C\C/C=C\C/C=C\C/C=C\C/C=C\CC. The molecule has 0 saturated carbocycles. The summed E-state index contributed by atoms with van der Waals surface area (Å²) in [5, 5.41) is 10.6. The first kappa shape index (κ1) is 92.7. The van der Waals surface area contributed by atoms with Gasteiger partial charge in [-0.1, -0.05) is 269 Å². The molecule has 5 atom stereocenters. The maximum absolute atomic E-state index is 13.0. The molecule has 0 rings (SSSR count). The van der Waals surface area contributed by atoms with Crippen molar-refractivity contribution < 1.29 is 80.2 Å². The molecular formula is C79H128O17P2. The van der Waals surface area contributed by atoms with Gasteiger partial charge in [0.25, 0.3) is 0 Å². The van der Waals surface area contributed by atoms with E-state index in [2.05, 4.69) is 149 Å². The lowest BCUT2D eigenvalue weighted by molar-refractivity contribution is -0.161. The van der Waals surface area contributed by atoms with Gasteiger partial charge in [0.05, 0.1) is 32.8 Å². The summed E-state index contributed by atoms with van der Waals surface area (Å²) < 4.78 is 68.1. The fourth-order valence-corrected chi connectivity index (χ4v) is 10.6. The topological polar surface area (TPSA) is 237 Å². The van der Waals surface area contributed by atoms with Crippen molar-refractivity contribution >= 4 is 39.5 Å². The average molecular weight is 1410 g/mol. The van der Waals surface area contributed by atoms with E-state index in [0.29, 0.717) is 32.1 Å². The van der Waals surface area contributed by atoms with E-state index in [1.165, 1.54) is 38.5 Å². The van der Waals surface area contributed by atoms with E-state index in [4.69, 9.17) is 37.0 Å². The zero-order valence-corrected chi connectivity index (χ0v) is 62.2. The number of carbonyl (C=O) groups is 4. The number of hydrogen-bond donors (Lipinski definition) is 3. The van der Waals surface area contributed by atoms with Gasteiger partial charge >= 0.3 is 39.5 Å². The predicted molar refractivity (Wildman–Crippen MR) is 399 cm³/mol. The number of carbonyl (C=O) groups excluding carboxylic acids is 4. The van der Waals surface area contributed by atoms with Crippen molar-refractivity contribution in [2.45, 2.75) is 277 Å². The van der Waals surface area contributed by atoms with Gasteiger partial charge in [-0.15, -0.1) is 0 Å². The Kier molecular flexibility index (Phi) is 66.3. The van der Waals surface area contributed by atoms with Gasteiger partial charge in [0.1, 0.15) is 19.3 Å². The first-order chi connectivity index (χ1) is 47.7. The normalized spacial score (nSPS) is 14.9. The summed E-state index contributed by atoms with van der Waals surface area (Å²) in [7, 11) is -10.0. The molecule has 0 bridgehead atoms. The van der Waals surface area contributed by atoms with Gasteiger partial charge in [0, 0.05) is 19.3 Å². The molecule has 0 aromatic heterocycles. The molecule has 5 unspecified atom stereocenters. The lowest BCUT2D eigenvalue weighted by Gasteiger charge is -2.21. The summed E-state index contributed by atoms with van der Waals surface area (Å²) in [5.41, 5.74) is 0. The summed E-state index contributed by atoms with van der Waals surface area (Å²) in [5.74, 6) is -2.42. The first-order valence-electron chi connectivity index (χ1n) is 36.7. The van der Waals surface area contributed by atoms with E-state index in [0.717, 1.165) is 135 Å². The highest BCUT2D eigenvalue weighted by Gasteiger charge is 2.30. The van der Waals surface area contributed by atoms with Crippen LogP contribution in [0.3, 0.4) is 0 Å². The number of ether oxygens (including phenoxy) is 4. The van der Waals surface area contributed by atoms with Crippen molar-refractivity contribution in [3.05, 3.63) is 158 Å². The summed E-state index contributed by atoms with van der Waals surface area (Å²) >= 11 is 0. The van der Waals surface area contributed by atoms with Crippen LogP contribution in [0.2, 0.25) is 0 Å². The van der Waals surface area contributed by atoms with Gasteiger partial charge in [-0.2, -0.15) is 0 Å². The van der Waals surface area contributed by atoms with E-state index in [-0.39, 0.29) is 25.7 Å². The van der Waals surface area contributed by atoms with Crippen LogP contribution in [-0.2, 0) is 65.4 Å². The summed E-state index contributed by atoms with van der Waals surface area (Å²) in [6, 6.07) is 0. The van der Waals surface area contributed by atoms with Crippen LogP contribution in [0.25, 0.3) is 0 Å². The van der Waals surface area contributed by atoms with Crippen molar-refractivity contribution in [3.63, 3.8) is 0 Å². The maximum atomic E-state index is 13.0. The van der Waals surface area contributed by atoms with Crippen molar-refractivity contribution in [1.29, 1.82) is 0 Å². The molecule has 0 saturated heterocycles. The van der Waals surface area contributed by atoms with Gasteiger partial charge in [0.2, 0.25) is 0 Å². The molecule has 0 amide bonds. The van der Waals surface area contributed by atoms with Crippen molar-refractivity contribution in [2.75, 3.05) is 39.6 Å². The van der Waals surface area contributed by atoms with Crippen LogP contribution in [0.4, 0.5) is 0 Å². The third-order valence-electron chi connectivity index (χ3n) is 14.5. The molecule has 0 aromatic carbocycles. The van der Waals surface area contributed by atoms with Gasteiger partial charge < -0.3 is 33.8 Å². The Bertz CT molecular complexity index is 2480. The average Bonchev–Trinajstić information content (AvgIpc) is 0.986. The van der Waals surface area contributed by atoms with Gasteiger partial charge in [-0.25, -0.2) is 9.13 Å². The van der Waals surface area contributed by atoms with Gasteiger partial charge in [-0.05, 0) is 122 Å². The largest absolute Gasteiger partial charge is 0.472 e. The highest BCUT2D eigenvalue weighted by molar-refractivity contribution is 7.47. The monoisotopic (exact) mass is 1410 g/mol. The number of unbranched alkanes of at least 4 members (excludes halogenated alkanes) is 16. The smallest absolute Gasteiger partial charge is 0.462 e. The molecule has 0 aliphatic carbocycles. The lowest BCUT2D eigenvalue weighted by atomic mass is 10.1. The molecule has 19 heteroatoms. The maximum Gasteiger partial charge on any atom is 0.472 e. The minimum atomic E-state index is -5.01. The molecule has 0 aliphatic heterocycles. The molecule has 3 N–H and O–H groups in total. The molecule has 0 spiro atoms. The standard InChI is InChI=1S/C79H128O17P2/c1-5-9-13-17-21-25-29-32-35-36-39-41-45-48-52-56-60-64-77(82)90-70-75(96-79(84)66-62-58-54-50-46-42-38-34-31-27-23-19-15-11-7-3)72-94-98(87,88)92-68-73(80)67-91-97(85,86)93-71-74(95-78(83)65-61-57-53-49-43-28-24-20-16-12-8-4)69-89-76(81)63-59-55-51-47-44-40-37-33-30-26-22-18-14-10-6-2/h9-11,13-15,21-23,25-27,32-35,37-39,41,46,48,50,52,58,62,73-75,80H,5-8,12,16-20,24,28-31,36,40,42-45,47,49,51,53-57,59-61,63-72H2,1-4H3,(H,85,86)(H,87,88)/b13-9-,14-10-,15-11-,25-21-,26-22-,27-23-,35-32-,37-33-,38-34-,41-39-,50-46-,52-48-,62-58-. The van der Waals surface area contributed by atoms with Crippen molar-refractivity contribution in [3.8, 4) is 0 Å². The minimum absolute atomic E-state index is 0.0583. The Morgan fingerprint density at radius 1 is 0.306 bits per heavy atom. The molecule has 0 radical (unpaired) electrons. The van der Waals surface area contributed by atoms with E-state index in [1.54, 1.807) is 12.2 Å². The van der Waals surface area contributed by atoms with Crippen LogP contribution in [0, 0.1) is 0 Å². The van der Waals surface area contributed by atoms with E-state index >= 15 is 0 Å². The number of rotatable bonds is 67. The Morgan fingerprint density at radius 3 is 0.949 bits per heavy atom. The highest BCUT2D eigenvalue weighted by atomic mass is 31.2. The molecule has 0 fully saturated rings. The van der Waals surface area contributed by atoms with Gasteiger partial charge in [-0.3, -0.25) is 37.3 Å². The third-order valence-corrected chi connectivity index (χ3v) is 16.4. The summed E-state index contributed by atoms with van der Waals surface area (Å²) in [6.07, 6.45) is 80.0. The van der Waals surface area contributed by atoms with E-state index in [9.17, 15) is 43.2 Å². The second-order valence-electron chi connectivity index (χ2n) is 23.8. The molecular weight excluding hydrogens is 1280 g/mol. The van der Waals surface area contributed by atoms with E-state index in [1.807, 2.05) is 24.3 Å². The minimum Gasteiger partial charge on any atom is -0.462 e. The molecule has 0 aliphatic rings. The Morgan fingerprint density at radius 2 is 0.582 bits per heavy atom. The van der Waals surface area contributed by atoms with Crippen LogP contribution in [-0.4, -0.2) is 96.7 Å². The first-order valence-corrected chi connectivity index (χ1v) is 39.7.